The topological polar surface area (TPSA) is 131 Å². The number of nitrogens with one attached hydrogen (secondary N) is 1. The molecule has 2 aromatic carbocycles. The average molecular weight is 642 g/mol. The third-order valence-corrected chi connectivity index (χ3v) is 8.76. The van der Waals surface area contributed by atoms with E-state index in [1.54, 1.807) is 55.6 Å². The number of aromatic nitrogens is 4. The smallest absolute Gasteiger partial charge is 0.429 e. The molecule has 4 N–H and O–H groups in total. The van der Waals surface area contributed by atoms with Crippen LogP contribution >= 0.6 is 11.6 Å². The summed E-state index contributed by atoms with van der Waals surface area (Å²) in [6.45, 7) is 3.40. The number of carboxylic acid groups (broad SMARTS) is 1. The Bertz CT molecular complexity index is 1710. The van der Waals surface area contributed by atoms with Crippen molar-refractivity contribution in [2.45, 2.75) is 44.5 Å². The molecule has 2 aromatic heterocycles. The van der Waals surface area contributed by atoms with E-state index in [1.807, 2.05) is 4.90 Å². The van der Waals surface area contributed by atoms with E-state index in [4.69, 9.17) is 22.1 Å². The van der Waals surface area contributed by atoms with Gasteiger partial charge in [0.1, 0.15) is 11.9 Å². The van der Waals surface area contributed by atoms with Crippen molar-refractivity contribution in [3.8, 4) is 22.7 Å². The van der Waals surface area contributed by atoms with Crippen LogP contribution in [-0.4, -0.2) is 62.7 Å². The predicted molar refractivity (Wildman–Crippen MR) is 163 cm³/mol. The maximum Gasteiger partial charge on any atom is 0.429 e. The first-order valence-corrected chi connectivity index (χ1v) is 14.8. The van der Waals surface area contributed by atoms with Crippen molar-refractivity contribution in [3.05, 3.63) is 77.1 Å². The number of hydrogen-bond acceptors (Lipinski definition) is 8. The van der Waals surface area contributed by atoms with E-state index in [0.29, 0.717) is 61.0 Å². The Labute approximate surface area is 262 Å². The first-order chi connectivity index (χ1) is 21.4. The number of carbonyl (C=O) groups is 1. The Morgan fingerprint density at radius 1 is 1.11 bits per heavy atom. The van der Waals surface area contributed by atoms with Crippen molar-refractivity contribution < 1.29 is 27.8 Å². The summed E-state index contributed by atoms with van der Waals surface area (Å²) >= 11 is 6.04. The monoisotopic (exact) mass is 641 g/mol. The minimum absolute atomic E-state index is 0.154. The molecule has 14 heteroatoms. The molecule has 10 nitrogen and oxygen atoms in total. The lowest BCUT2D eigenvalue weighted by Gasteiger charge is -2.39. The Kier molecular flexibility index (Phi) is 8.08. The number of nitrogens with zero attached hydrogens (tertiary/aromatic N) is 5. The predicted octanol–water partition coefficient (Wildman–Crippen LogP) is 5.59. The maximum absolute atomic E-state index is 14.8. The normalized spacial score (nSPS) is 18.7. The van der Waals surface area contributed by atoms with Crippen LogP contribution in [-0.2, 0) is 4.79 Å². The highest BCUT2D eigenvalue weighted by Crippen LogP contribution is 2.43. The molecule has 236 valence electrons. The van der Waals surface area contributed by atoms with E-state index in [-0.39, 0.29) is 28.5 Å². The molecular formula is C31H31ClF3N7O3. The summed E-state index contributed by atoms with van der Waals surface area (Å²) in [6.07, 6.45) is -3.72. The molecule has 1 unspecified atom stereocenters. The number of alkyl halides is 3. The van der Waals surface area contributed by atoms with Gasteiger partial charge in [-0.1, -0.05) is 35.9 Å². The lowest BCUT2D eigenvalue weighted by atomic mass is 9.76. The summed E-state index contributed by atoms with van der Waals surface area (Å²) in [5.74, 6) is -1.07. The highest BCUT2D eigenvalue weighted by atomic mass is 35.5. The van der Waals surface area contributed by atoms with Crippen molar-refractivity contribution >= 4 is 29.3 Å². The molecule has 2 aliphatic rings. The van der Waals surface area contributed by atoms with Crippen LogP contribution in [0.25, 0.3) is 16.8 Å². The first kappa shape index (κ1) is 30.7. The minimum Gasteiger partial charge on any atom is -0.480 e. The van der Waals surface area contributed by atoms with E-state index >= 15 is 0 Å². The van der Waals surface area contributed by atoms with Crippen molar-refractivity contribution in [2.75, 3.05) is 30.3 Å². The van der Waals surface area contributed by atoms with Crippen LogP contribution in [0.5, 0.6) is 5.88 Å². The molecule has 6 rings (SSSR count). The van der Waals surface area contributed by atoms with Gasteiger partial charge in [-0.25, -0.2) is 4.68 Å². The summed E-state index contributed by atoms with van der Waals surface area (Å²) in [5, 5.41) is 17.4. The number of aryl methyl sites for hydroxylation is 1. The number of aliphatic carboxylic acids is 1. The number of nitrogens with two attached hydrogens (primary N) is 1. The molecule has 2 fully saturated rings. The van der Waals surface area contributed by atoms with E-state index in [2.05, 4.69) is 20.4 Å². The summed E-state index contributed by atoms with van der Waals surface area (Å²) < 4.78 is 51.3. The highest BCUT2D eigenvalue weighted by molar-refractivity contribution is 6.30. The first-order valence-electron chi connectivity index (χ1n) is 14.4. The molecule has 2 saturated heterocycles. The molecule has 0 amide bonds. The van der Waals surface area contributed by atoms with Gasteiger partial charge in [0, 0.05) is 42.5 Å². The zero-order valence-corrected chi connectivity index (χ0v) is 25.0. The summed E-state index contributed by atoms with van der Waals surface area (Å²) in [6, 6.07) is 14.1. The Morgan fingerprint density at radius 2 is 1.82 bits per heavy atom. The van der Waals surface area contributed by atoms with Crippen molar-refractivity contribution in [3.63, 3.8) is 0 Å². The lowest BCUT2D eigenvalue weighted by Crippen LogP contribution is -2.41. The fourth-order valence-electron chi connectivity index (χ4n) is 6.10. The number of anilines is 2. The number of ether oxygens (including phenoxy) is 1. The number of benzene rings is 2. The Hall–Kier alpha value is -4.36. The molecule has 0 aliphatic carbocycles. The molecule has 0 saturated carbocycles. The van der Waals surface area contributed by atoms with Gasteiger partial charge < -0.3 is 25.8 Å². The SMILES string of the molecule is Cc1ccn(-c2cc(-c3ccc(Cl)cc3)ccc2[C@@H](Oc2cc(N3CCC4(CC3)CNC(C(=O)O)C4)nc(N)n2)C(F)(F)F)n1. The van der Waals surface area contributed by atoms with E-state index in [9.17, 15) is 23.1 Å². The molecule has 2 atom stereocenters. The number of piperidine rings is 1. The number of halogens is 4. The largest absolute Gasteiger partial charge is 0.480 e. The molecule has 45 heavy (non-hydrogen) atoms. The zero-order chi connectivity index (χ0) is 31.9. The number of nitrogen functional groups attached to an aromatic ring is 1. The third-order valence-electron chi connectivity index (χ3n) is 8.51. The van der Waals surface area contributed by atoms with E-state index in [0.717, 1.165) is 5.56 Å². The van der Waals surface area contributed by atoms with Gasteiger partial charge in [-0.2, -0.15) is 28.2 Å². The van der Waals surface area contributed by atoms with Gasteiger partial charge in [-0.05, 0) is 67.0 Å². The highest BCUT2D eigenvalue weighted by Gasteiger charge is 2.46. The van der Waals surface area contributed by atoms with Crippen LogP contribution in [0.2, 0.25) is 5.02 Å². The molecule has 4 aromatic rings. The third kappa shape index (κ3) is 6.54. The summed E-state index contributed by atoms with van der Waals surface area (Å²) in [5.41, 5.74) is 7.90. The van der Waals surface area contributed by atoms with E-state index < -0.39 is 24.3 Å². The van der Waals surface area contributed by atoms with Gasteiger partial charge in [0.05, 0.1) is 11.4 Å². The van der Waals surface area contributed by atoms with E-state index in [1.165, 1.54) is 16.8 Å². The molecule has 2 aliphatic heterocycles. The molecule has 0 bridgehead atoms. The molecule has 0 radical (unpaired) electrons. The number of hydrogen-bond donors (Lipinski definition) is 3. The maximum atomic E-state index is 14.8. The standard InChI is InChI=1S/C31H31ClF3N7O3/c1-18-8-11-42(40-18)24-14-20(19-2-5-21(32)6-3-19)4-7-22(24)27(31(33,34)35)45-26-15-25(38-29(36)39-26)41-12-9-30(10-13-41)16-23(28(43)44)37-17-30/h2-8,11,14-15,23,27,37H,9-10,12-13,16-17H2,1H3,(H,43,44)(H2,36,38,39)/t23?,27-/m1/s1. The fourth-order valence-corrected chi connectivity index (χ4v) is 6.22. The van der Waals surface area contributed by atoms with Crippen LogP contribution < -0.4 is 20.7 Å². The van der Waals surface area contributed by atoms with Crippen LogP contribution in [0, 0.1) is 12.3 Å². The van der Waals surface area contributed by atoms with Crippen LogP contribution in [0.4, 0.5) is 24.9 Å². The molecular weight excluding hydrogens is 611 g/mol. The second kappa shape index (κ2) is 11.9. The van der Waals surface area contributed by atoms with Gasteiger partial charge >= 0.3 is 12.1 Å². The van der Waals surface area contributed by atoms with Crippen LogP contribution in [0.15, 0.2) is 60.8 Å². The zero-order valence-electron chi connectivity index (χ0n) is 24.3. The van der Waals surface area contributed by atoms with Gasteiger partial charge in [-0.3, -0.25) is 4.79 Å². The lowest BCUT2D eigenvalue weighted by molar-refractivity contribution is -0.198. The Balaban J connectivity index is 1.30. The minimum atomic E-state index is -4.83. The summed E-state index contributed by atoms with van der Waals surface area (Å²) in [4.78, 5) is 21.6. The van der Waals surface area contributed by atoms with Gasteiger partial charge in [0.25, 0.3) is 0 Å². The van der Waals surface area contributed by atoms with Gasteiger partial charge in [0.15, 0.2) is 0 Å². The molecule has 1 spiro atoms. The quantitative estimate of drug-likeness (QED) is 0.236. The van der Waals surface area contributed by atoms with Crippen molar-refractivity contribution in [1.82, 2.24) is 25.1 Å². The summed E-state index contributed by atoms with van der Waals surface area (Å²) in [7, 11) is 0. The number of rotatable bonds is 7. The molecule has 4 heterocycles. The van der Waals surface area contributed by atoms with Crippen molar-refractivity contribution in [2.24, 2.45) is 5.41 Å². The van der Waals surface area contributed by atoms with Gasteiger partial charge in [-0.15, -0.1) is 0 Å². The van der Waals surface area contributed by atoms with Crippen molar-refractivity contribution in [1.29, 1.82) is 0 Å². The van der Waals surface area contributed by atoms with Crippen LogP contribution in [0.1, 0.15) is 36.6 Å². The van der Waals surface area contributed by atoms with Crippen LogP contribution in [0.3, 0.4) is 0 Å². The average Bonchev–Trinajstić information content (AvgIpc) is 3.62. The number of carboxylic acids is 1. The second-order valence-corrected chi connectivity index (χ2v) is 12.0. The fraction of sp³-hybridized carbons (Fsp3) is 0.355. The van der Waals surface area contributed by atoms with Gasteiger partial charge in [0.2, 0.25) is 17.9 Å². The Morgan fingerprint density at radius 3 is 2.44 bits per heavy atom. The second-order valence-electron chi connectivity index (χ2n) is 11.6.